The maximum Gasteiger partial charge on any atom is 0.0821 e. The number of halogens is 2. The summed E-state index contributed by atoms with van der Waals surface area (Å²) in [5.41, 5.74) is 8.76. The Labute approximate surface area is 163 Å². The quantitative estimate of drug-likeness (QED) is 0.802. The first-order valence-electron chi connectivity index (χ1n) is 8.50. The molecule has 138 valence electrons. The van der Waals surface area contributed by atoms with Crippen LogP contribution in [0.5, 0.6) is 0 Å². The fraction of sp³-hybridized carbons (Fsp3) is 0.400. The van der Waals surface area contributed by atoms with E-state index in [4.69, 9.17) is 5.73 Å². The first-order chi connectivity index (χ1) is 11.2. The zero-order valence-electron chi connectivity index (χ0n) is 14.3. The maximum absolute atomic E-state index is 10.5. The van der Waals surface area contributed by atoms with Gasteiger partial charge in [-0.1, -0.05) is 60.7 Å². The molecule has 0 aliphatic carbocycles. The highest BCUT2D eigenvalue weighted by Crippen LogP contribution is 2.31. The normalized spacial score (nSPS) is 19.5. The minimum atomic E-state index is -0.500. The van der Waals surface area contributed by atoms with E-state index in [2.05, 4.69) is 41.3 Å². The minimum absolute atomic E-state index is 0. The molecule has 0 saturated carbocycles. The number of hydrogen-bond donors (Lipinski definition) is 2. The van der Waals surface area contributed by atoms with E-state index in [1.807, 2.05) is 24.3 Å². The molecule has 1 aliphatic heterocycles. The molecule has 0 bridgehead atoms. The van der Waals surface area contributed by atoms with E-state index in [1.165, 1.54) is 17.5 Å². The van der Waals surface area contributed by atoms with Crippen LogP contribution in [0.25, 0.3) is 0 Å². The Bertz CT molecular complexity index is 597. The van der Waals surface area contributed by atoms with E-state index in [-0.39, 0.29) is 30.9 Å². The highest BCUT2D eigenvalue weighted by Gasteiger charge is 2.29. The van der Waals surface area contributed by atoms with Crippen molar-refractivity contribution in [1.82, 2.24) is 4.90 Å². The molecule has 1 heterocycles. The molecular weight excluding hydrogens is 355 g/mol. The van der Waals surface area contributed by atoms with Crippen molar-refractivity contribution in [3.05, 3.63) is 71.8 Å². The van der Waals surface area contributed by atoms with Crippen LogP contribution < -0.4 is 5.73 Å². The molecule has 3 rings (SSSR count). The van der Waals surface area contributed by atoms with Gasteiger partial charge in [-0.15, -0.1) is 24.8 Å². The largest absolute Gasteiger partial charge is 0.390 e. The third-order valence-corrected chi connectivity index (χ3v) is 4.78. The Balaban J connectivity index is 0.00000156. The molecule has 1 aliphatic rings. The summed E-state index contributed by atoms with van der Waals surface area (Å²) in [5, 5.41) is 10.5. The monoisotopic (exact) mass is 382 g/mol. The summed E-state index contributed by atoms with van der Waals surface area (Å²) in [5.74, 6) is 0. The number of aliphatic hydroxyl groups excluding tert-OH is 1. The van der Waals surface area contributed by atoms with Crippen LogP contribution in [0.4, 0.5) is 0 Å². The van der Waals surface area contributed by atoms with Crippen molar-refractivity contribution < 1.29 is 5.11 Å². The Morgan fingerprint density at radius 1 is 1.00 bits per heavy atom. The summed E-state index contributed by atoms with van der Waals surface area (Å²) in [6, 6.07) is 20.9. The zero-order valence-corrected chi connectivity index (χ0v) is 16.0. The van der Waals surface area contributed by atoms with Crippen molar-refractivity contribution in [2.45, 2.75) is 37.5 Å². The molecule has 0 amide bonds. The molecule has 0 spiro atoms. The molecule has 1 saturated heterocycles. The molecule has 2 aromatic rings. The van der Waals surface area contributed by atoms with Gasteiger partial charge in [0.25, 0.3) is 0 Å². The lowest BCUT2D eigenvalue weighted by atomic mass is 10.0. The summed E-state index contributed by atoms with van der Waals surface area (Å²) < 4.78 is 0. The highest BCUT2D eigenvalue weighted by molar-refractivity contribution is 5.85. The first kappa shape index (κ1) is 21.9. The van der Waals surface area contributed by atoms with Crippen molar-refractivity contribution in [1.29, 1.82) is 0 Å². The number of hydrogen-bond acceptors (Lipinski definition) is 3. The van der Waals surface area contributed by atoms with Crippen LogP contribution in [-0.4, -0.2) is 35.2 Å². The topological polar surface area (TPSA) is 49.5 Å². The first-order valence-corrected chi connectivity index (χ1v) is 8.50. The number of benzene rings is 2. The van der Waals surface area contributed by atoms with Crippen LogP contribution in [0.2, 0.25) is 0 Å². The average Bonchev–Trinajstić information content (AvgIpc) is 3.04. The Morgan fingerprint density at radius 2 is 1.60 bits per heavy atom. The summed E-state index contributed by atoms with van der Waals surface area (Å²) >= 11 is 0. The Morgan fingerprint density at radius 3 is 2.24 bits per heavy atom. The summed E-state index contributed by atoms with van der Waals surface area (Å²) in [6.45, 7) is 1.68. The van der Waals surface area contributed by atoms with Gasteiger partial charge in [0.15, 0.2) is 0 Å². The van der Waals surface area contributed by atoms with E-state index < -0.39 is 6.10 Å². The molecule has 3 atom stereocenters. The molecule has 0 radical (unpaired) electrons. The highest BCUT2D eigenvalue weighted by atomic mass is 35.5. The van der Waals surface area contributed by atoms with Crippen molar-refractivity contribution >= 4 is 24.8 Å². The Kier molecular flexibility index (Phi) is 9.47. The van der Waals surface area contributed by atoms with Crippen molar-refractivity contribution in [3.63, 3.8) is 0 Å². The van der Waals surface area contributed by atoms with Crippen LogP contribution in [0.3, 0.4) is 0 Å². The maximum atomic E-state index is 10.5. The molecule has 2 aromatic carbocycles. The van der Waals surface area contributed by atoms with Gasteiger partial charge >= 0.3 is 0 Å². The Hall–Kier alpha value is -1.10. The van der Waals surface area contributed by atoms with Gasteiger partial charge in [-0.2, -0.15) is 0 Å². The number of rotatable bonds is 6. The second kappa shape index (κ2) is 10.8. The lowest BCUT2D eigenvalue weighted by molar-refractivity contribution is 0.0851. The number of nitrogens with zero attached hydrogens (tertiary/aromatic N) is 1. The summed E-state index contributed by atoms with van der Waals surface area (Å²) in [7, 11) is 0. The third-order valence-electron chi connectivity index (χ3n) is 4.78. The minimum Gasteiger partial charge on any atom is -0.390 e. The molecule has 3 N–H and O–H groups in total. The van der Waals surface area contributed by atoms with Gasteiger partial charge < -0.3 is 10.8 Å². The van der Waals surface area contributed by atoms with E-state index in [1.54, 1.807) is 0 Å². The number of β-amino-alcohol motifs (C(OH)–C–C–N with tert-alkyl or cyclic N) is 1. The third kappa shape index (κ3) is 5.98. The van der Waals surface area contributed by atoms with Crippen LogP contribution >= 0.6 is 24.8 Å². The van der Waals surface area contributed by atoms with Gasteiger partial charge in [0, 0.05) is 18.6 Å². The van der Waals surface area contributed by atoms with Crippen LogP contribution in [0, 0.1) is 0 Å². The lowest BCUT2D eigenvalue weighted by Gasteiger charge is -2.29. The standard InChI is InChI=1S/C20H26N2O.2ClH/c21-18(14-16-8-3-1-4-9-16)20(23)15-22-13-7-12-19(22)17-10-5-2-6-11-17;;/h1-6,8-11,18-20,23H,7,12-15,21H2;2*1H/t18-,19?,20+;;/m1../s1. The molecule has 1 fully saturated rings. The average molecular weight is 383 g/mol. The second-order valence-electron chi connectivity index (χ2n) is 6.48. The molecule has 25 heavy (non-hydrogen) atoms. The van der Waals surface area contributed by atoms with Gasteiger partial charge in [0.05, 0.1) is 6.10 Å². The fourth-order valence-corrected chi connectivity index (χ4v) is 3.50. The van der Waals surface area contributed by atoms with Crippen molar-refractivity contribution in [2.75, 3.05) is 13.1 Å². The smallest absolute Gasteiger partial charge is 0.0821 e. The van der Waals surface area contributed by atoms with Gasteiger partial charge in [0.2, 0.25) is 0 Å². The molecular formula is C20H28Cl2N2O. The zero-order chi connectivity index (χ0) is 16.1. The van der Waals surface area contributed by atoms with Gasteiger partial charge in [0.1, 0.15) is 0 Å². The number of nitrogens with two attached hydrogens (primary N) is 1. The molecule has 0 aromatic heterocycles. The predicted molar refractivity (Wildman–Crippen MR) is 109 cm³/mol. The number of aliphatic hydroxyl groups is 1. The van der Waals surface area contributed by atoms with Crippen molar-refractivity contribution in [2.24, 2.45) is 5.73 Å². The van der Waals surface area contributed by atoms with Crippen LogP contribution in [-0.2, 0) is 6.42 Å². The summed E-state index contributed by atoms with van der Waals surface area (Å²) in [4.78, 5) is 2.38. The predicted octanol–water partition coefficient (Wildman–Crippen LogP) is 3.60. The van der Waals surface area contributed by atoms with Crippen LogP contribution in [0.15, 0.2) is 60.7 Å². The lowest BCUT2D eigenvalue weighted by Crippen LogP contribution is -2.44. The van der Waals surface area contributed by atoms with E-state index in [0.717, 1.165) is 13.0 Å². The van der Waals surface area contributed by atoms with Gasteiger partial charge in [-0.3, -0.25) is 4.90 Å². The van der Waals surface area contributed by atoms with E-state index in [0.29, 0.717) is 19.0 Å². The second-order valence-corrected chi connectivity index (χ2v) is 6.48. The van der Waals surface area contributed by atoms with E-state index in [9.17, 15) is 5.11 Å². The van der Waals surface area contributed by atoms with Crippen LogP contribution in [0.1, 0.15) is 30.0 Å². The van der Waals surface area contributed by atoms with Gasteiger partial charge in [-0.25, -0.2) is 0 Å². The molecule has 1 unspecified atom stereocenters. The fourth-order valence-electron chi connectivity index (χ4n) is 3.50. The van der Waals surface area contributed by atoms with Gasteiger partial charge in [-0.05, 0) is 36.9 Å². The van der Waals surface area contributed by atoms with E-state index >= 15 is 0 Å². The summed E-state index contributed by atoms with van der Waals surface area (Å²) in [6.07, 6.45) is 2.55. The SMILES string of the molecule is Cl.Cl.N[C@H](Cc1ccccc1)[C@@H](O)CN1CCCC1c1ccccc1. The van der Waals surface area contributed by atoms with Crippen molar-refractivity contribution in [3.8, 4) is 0 Å². The molecule has 5 heteroatoms. The molecule has 3 nitrogen and oxygen atoms in total. The number of likely N-dealkylation sites (tertiary alicyclic amines) is 1.